The highest BCUT2D eigenvalue weighted by atomic mass is 32.2. The Labute approximate surface area is 117 Å². The molecule has 1 aromatic heterocycles. The first kappa shape index (κ1) is 13.5. The standard InChI is InChI=1S/C12H17NO4S2/c1-10-6-11(18-7-10)19(14,15)13-3-5-17-9-12(13)2-4-16-8-12/h6-7H,2-5,8-9H2,1H3/t12-/m0/s1. The van der Waals surface area contributed by atoms with Gasteiger partial charge in [0.2, 0.25) is 0 Å². The normalized spacial score (nSPS) is 29.1. The van der Waals surface area contributed by atoms with Crippen LogP contribution in [0.2, 0.25) is 0 Å². The summed E-state index contributed by atoms with van der Waals surface area (Å²) >= 11 is 1.28. The van der Waals surface area contributed by atoms with Crippen molar-refractivity contribution in [2.45, 2.75) is 23.1 Å². The summed E-state index contributed by atoms with van der Waals surface area (Å²) in [6.45, 7) is 4.21. The molecule has 0 amide bonds. The SMILES string of the molecule is Cc1csc(S(=O)(=O)N2CCOC[C@@]23CCOC3)c1. The molecule has 3 rings (SSSR count). The Bertz CT molecular complexity index is 560. The average Bonchev–Trinajstić information content (AvgIpc) is 3.00. The van der Waals surface area contributed by atoms with Crippen LogP contribution in [0.4, 0.5) is 0 Å². The highest BCUT2D eigenvalue weighted by Gasteiger charge is 2.49. The summed E-state index contributed by atoms with van der Waals surface area (Å²) in [5.74, 6) is 0. The van der Waals surface area contributed by atoms with Crippen LogP contribution >= 0.6 is 11.3 Å². The molecule has 2 saturated heterocycles. The number of ether oxygens (including phenoxy) is 2. The van der Waals surface area contributed by atoms with Crippen LogP contribution in [0.3, 0.4) is 0 Å². The van der Waals surface area contributed by atoms with Gasteiger partial charge in [0, 0.05) is 13.2 Å². The van der Waals surface area contributed by atoms with E-state index in [1.807, 2.05) is 12.3 Å². The molecule has 19 heavy (non-hydrogen) atoms. The summed E-state index contributed by atoms with van der Waals surface area (Å²) in [7, 11) is -3.44. The molecular weight excluding hydrogens is 286 g/mol. The molecule has 0 unspecified atom stereocenters. The quantitative estimate of drug-likeness (QED) is 0.825. The average molecular weight is 303 g/mol. The molecule has 1 atom stereocenters. The summed E-state index contributed by atoms with van der Waals surface area (Å²) in [5.41, 5.74) is 0.475. The zero-order valence-electron chi connectivity index (χ0n) is 10.8. The molecule has 2 aliphatic rings. The summed E-state index contributed by atoms with van der Waals surface area (Å²) in [5, 5.41) is 1.87. The Morgan fingerprint density at radius 2 is 2.05 bits per heavy atom. The van der Waals surface area contributed by atoms with Crippen LogP contribution in [0.5, 0.6) is 0 Å². The molecule has 2 fully saturated rings. The predicted molar refractivity (Wildman–Crippen MR) is 71.9 cm³/mol. The van der Waals surface area contributed by atoms with Gasteiger partial charge in [-0.25, -0.2) is 8.42 Å². The van der Waals surface area contributed by atoms with Gasteiger partial charge in [-0.1, -0.05) is 0 Å². The van der Waals surface area contributed by atoms with Gasteiger partial charge in [0.25, 0.3) is 10.0 Å². The number of morpholine rings is 1. The van der Waals surface area contributed by atoms with E-state index in [4.69, 9.17) is 9.47 Å². The van der Waals surface area contributed by atoms with Gasteiger partial charge < -0.3 is 9.47 Å². The molecule has 2 aliphatic heterocycles. The maximum absolute atomic E-state index is 12.8. The lowest BCUT2D eigenvalue weighted by Crippen LogP contribution is -2.59. The monoisotopic (exact) mass is 303 g/mol. The van der Waals surface area contributed by atoms with Crippen molar-refractivity contribution in [1.82, 2.24) is 4.31 Å². The maximum atomic E-state index is 12.8. The molecule has 106 valence electrons. The zero-order valence-corrected chi connectivity index (χ0v) is 12.4. The van der Waals surface area contributed by atoms with Gasteiger partial charge in [-0.2, -0.15) is 4.31 Å². The molecule has 0 radical (unpaired) electrons. The first-order valence-electron chi connectivity index (χ1n) is 6.28. The Balaban J connectivity index is 1.98. The van der Waals surface area contributed by atoms with Crippen molar-refractivity contribution in [1.29, 1.82) is 0 Å². The molecule has 3 heterocycles. The first-order chi connectivity index (χ1) is 9.05. The van der Waals surface area contributed by atoms with Gasteiger partial charge in [0.15, 0.2) is 0 Å². The van der Waals surface area contributed by atoms with Crippen molar-refractivity contribution >= 4 is 21.4 Å². The summed E-state index contributed by atoms with van der Waals surface area (Å²) in [6, 6.07) is 1.74. The second-order valence-corrected chi connectivity index (χ2v) is 8.10. The second kappa shape index (κ2) is 4.82. The lowest BCUT2D eigenvalue weighted by molar-refractivity contribution is -0.0292. The molecule has 0 N–H and O–H groups in total. The Morgan fingerprint density at radius 1 is 1.32 bits per heavy atom. The smallest absolute Gasteiger partial charge is 0.253 e. The largest absolute Gasteiger partial charge is 0.379 e. The third-order valence-corrected chi connectivity index (χ3v) is 7.21. The van der Waals surface area contributed by atoms with Crippen molar-refractivity contribution < 1.29 is 17.9 Å². The van der Waals surface area contributed by atoms with E-state index in [0.717, 1.165) is 5.56 Å². The van der Waals surface area contributed by atoms with Gasteiger partial charge in [-0.05, 0) is 30.4 Å². The minimum Gasteiger partial charge on any atom is -0.379 e. The van der Waals surface area contributed by atoms with Crippen LogP contribution in [0.25, 0.3) is 0 Å². The van der Waals surface area contributed by atoms with Gasteiger partial charge in [-0.3, -0.25) is 0 Å². The third-order valence-electron chi connectivity index (χ3n) is 3.67. The molecular formula is C12H17NO4S2. The van der Waals surface area contributed by atoms with Crippen LogP contribution < -0.4 is 0 Å². The van der Waals surface area contributed by atoms with Gasteiger partial charge in [0.1, 0.15) is 4.21 Å². The van der Waals surface area contributed by atoms with Crippen molar-refractivity contribution in [3.05, 3.63) is 17.0 Å². The van der Waals surface area contributed by atoms with Crippen LogP contribution in [0, 0.1) is 6.92 Å². The maximum Gasteiger partial charge on any atom is 0.253 e. The van der Waals surface area contributed by atoms with E-state index in [0.29, 0.717) is 43.6 Å². The second-order valence-electron chi connectivity index (χ2n) is 5.10. The van der Waals surface area contributed by atoms with E-state index in [2.05, 4.69) is 0 Å². The highest BCUT2D eigenvalue weighted by Crippen LogP contribution is 2.35. The minimum absolute atomic E-state index is 0.405. The third kappa shape index (κ3) is 2.23. The molecule has 0 saturated carbocycles. The van der Waals surface area contributed by atoms with E-state index in [1.54, 1.807) is 10.4 Å². The highest BCUT2D eigenvalue weighted by molar-refractivity contribution is 7.91. The van der Waals surface area contributed by atoms with Gasteiger partial charge in [-0.15, -0.1) is 11.3 Å². The molecule has 7 heteroatoms. The Hall–Kier alpha value is -0.470. The van der Waals surface area contributed by atoms with E-state index >= 15 is 0 Å². The van der Waals surface area contributed by atoms with E-state index in [-0.39, 0.29) is 0 Å². The minimum atomic E-state index is -3.44. The zero-order chi connectivity index (χ0) is 13.5. The van der Waals surface area contributed by atoms with Crippen molar-refractivity contribution in [2.75, 3.05) is 33.0 Å². The number of rotatable bonds is 2. The molecule has 0 aliphatic carbocycles. The molecule has 0 aromatic carbocycles. The number of aryl methyl sites for hydroxylation is 1. The summed E-state index contributed by atoms with van der Waals surface area (Å²) in [4.78, 5) is 0. The fourth-order valence-corrected chi connectivity index (χ4v) is 5.75. The van der Waals surface area contributed by atoms with Crippen LogP contribution in [-0.2, 0) is 19.5 Å². The Morgan fingerprint density at radius 3 is 2.63 bits per heavy atom. The number of sulfonamides is 1. The van der Waals surface area contributed by atoms with E-state index in [9.17, 15) is 8.42 Å². The molecule has 0 bridgehead atoms. The predicted octanol–water partition coefficient (Wildman–Crippen LogP) is 1.24. The molecule has 1 spiro atoms. The summed E-state index contributed by atoms with van der Waals surface area (Å²) in [6.07, 6.45) is 0.705. The van der Waals surface area contributed by atoms with Crippen molar-refractivity contribution in [3.8, 4) is 0 Å². The fraction of sp³-hybridized carbons (Fsp3) is 0.667. The van der Waals surface area contributed by atoms with Crippen molar-refractivity contribution in [2.24, 2.45) is 0 Å². The van der Waals surface area contributed by atoms with Crippen LogP contribution in [-0.4, -0.2) is 51.2 Å². The number of thiophene rings is 1. The molecule has 1 aromatic rings. The number of nitrogens with zero attached hydrogens (tertiary/aromatic N) is 1. The van der Waals surface area contributed by atoms with Crippen molar-refractivity contribution in [3.63, 3.8) is 0 Å². The van der Waals surface area contributed by atoms with Crippen LogP contribution in [0.15, 0.2) is 15.7 Å². The van der Waals surface area contributed by atoms with Gasteiger partial charge in [0.05, 0.1) is 25.4 Å². The lowest BCUT2D eigenvalue weighted by Gasteiger charge is -2.41. The Kier molecular flexibility index (Phi) is 3.43. The lowest BCUT2D eigenvalue weighted by atomic mass is 9.99. The summed E-state index contributed by atoms with van der Waals surface area (Å²) < 4.78 is 38.5. The van der Waals surface area contributed by atoms with E-state index < -0.39 is 15.6 Å². The fourth-order valence-electron chi connectivity index (χ4n) is 2.65. The molecule has 5 nitrogen and oxygen atoms in total. The first-order valence-corrected chi connectivity index (χ1v) is 8.60. The van der Waals surface area contributed by atoms with Gasteiger partial charge >= 0.3 is 0 Å². The number of hydrogen-bond donors (Lipinski definition) is 0. The van der Waals surface area contributed by atoms with E-state index in [1.165, 1.54) is 11.3 Å². The van der Waals surface area contributed by atoms with Crippen LogP contribution in [0.1, 0.15) is 12.0 Å². The number of hydrogen-bond acceptors (Lipinski definition) is 5. The topological polar surface area (TPSA) is 55.8 Å².